The second-order valence-corrected chi connectivity index (χ2v) is 32.0. The number of aromatic hydroxyl groups is 2. The van der Waals surface area contributed by atoms with Gasteiger partial charge in [-0.1, -0.05) is 104 Å². The number of fused-ring (bicyclic) bond motifs is 8. The highest BCUT2D eigenvalue weighted by molar-refractivity contribution is 14.1. The molecule has 0 unspecified atom stereocenters. The van der Waals surface area contributed by atoms with Crippen molar-refractivity contribution >= 4 is 148 Å². The zero-order valence-corrected chi connectivity index (χ0v) is 71.0. The molecule has 4 aliphatic heterocycles. The van der Waals surface area contributed by atoms with Crippen molar-refractivity contribution in [3.63, 3.8) is 0 Å². The number of thioether (sulfide) groups is 1. The summed E-state index contributed by atoms with van der Waals surface area (Å²) in [5, 5.41) is 46.4. The standard InChI is InChI=1S/C15H9ClN2O.C15H12O4.C13H13N3O.C12H12N6.C12H11N3O2.C11H15N5S.C9H9IN4S/c1-19-10-3-5-14-12(7-10)13(8-17)11-4-2-9(16)6-15(11)18-14;16-10-6-11(17)15-12(18)8-13(19-14(15)7-10)9-4-2-1-3-5-9;1-8-13-9(2)15-16-12(11(13)7-14-8)6-10-4-3-5-17-10;13-10-9-11(17-12(14)16-10)18(7-15-9)6-8-4-2-1-3-5-8;1-7-11-9(6-13-7)10(14-15-12(11)16)5-8-3-2-4-17-8;12-11-14-9-8(10(17)15-11)13-6-16(9)7-4-2-1-3-5-7;10-8-7-9(12-4-11-8)14(5-13-7)6-2-1-3-15-6/h2-7H,1H3;1-7,13,16-17H,8H2;3-5H,6-7H2,1-2H3;1-5,7H,6H2,(H4,13,14,16,17);2-4H,5-6H2,1H3,(H,15,16);6-7H,1-5H2,(H3,12,14,15,17);4-6H,1-3H2/t;13-;;;;;6-/m.0....1/s1. The molecule has 0 radical (unpaired) electrons. The highest BCUT2D eigenvalue weighted by Crippen LogP contribution is 2.43. The Kier molecular flexibility index (Phi) is 26.0. The second kappa shape index (κ2) is 37.9. The van der Waals surface area contributed by atoms with Gasteiger partial charge in [0.25, 0.3) is 5.56 Å². The maximum absolute atomic E-state index is 12.1. The lowest BCUT2D eigenvalue weighted by atomic mass is 9.95. The molecule has 618 valence electrons. The zero-order chi connectivity index (χ0) is 85.1. The number of phenols is 2. The fourth-order valence-electron chi connectivity index (χ4n) is 15.0. The number of carbonyl (C=O) groups excluding carboxylic acids is 1. The Hall–Kier alpha value is -13.4. The quantitative estimate of drug-likeness (QED) is 0.0289. The van der Waals surface area contributed by atoms with E-state index in [1.54, 1.807) is 44.4 Å². The summed E-state index contributed by atoms with van der Waals surface area (Å²) < 4.78 is 29.2. The topological polar surface area (TPSA) is 447 Å². The summed E-state index contributed by atoms with van der Waals surface area (Å²) in [4.78, 5) is 73.6. The van der Waals surface area contributed by atoms with Crippen LogP contribution in [-0.4, -0.2) is 124 Å². The maximum atomic E-state index is 12.1. The third-order valence-corrected chi connectivity index (χ3v) is 23.6. The number of aliphatic imine (C=N–C) groups is 2. The summed E-state index contributed by atoms with van der Waals surface area (Å²) in [6.07, 6.45) is 20.2. The molecule has 5 aliphatic rings. The number of aryl methyl sites for hydroxylation is 1. The molecule has 2 fully saturated rings. The second-order valence-electron chi connectivity index (χ2n) is 28.9. The third kappa shape index (κ3) is 18.9. The van der Waals surface area contributed by atoms with Crippen LogP contribution in [0.4, 0.5) is 17.7 Å². The van der Waals surface area contributed by atoms with Crippen LogP contribution in [-0.2, 0) is 32.5 Å². The Morgan fingerprint density at radius 3 is 2.11 bits per heavy atom. The fourth-order valence-corrected chi connectivity index (χ4v) is 17.2. The molecule has 15 heterocycles. The number of H-pyrrole nitrogens is 2. The van der Waals surface area contributed by atoms with Gasteiger partial charge in [-0.2, -0.15) is 30.5 Å². The number of nitriles is 1. The van der Waals surface area contributed by atoms with Gasteiger partial charge in [-0.25, -0.2) is 40.0 Å². The molecule has 0 spiro atoms. The molecule has 122 heavy (non-hydrogen) atoms. The number of Topliss-reactive ketones (excluding diaryl/α,β-unsaturated/α-hetero) is 1. The molecule has 5 aromatic carbocycles. The van der Waals surface area contributed by atoms with Gasteiger partial charge in [0.15, 0.2) is 33.5 Å². The number of aromatic nitrogens is 17. The molecule has 0 bridgehead atoms. The summed E-state index contributed by atoms with van der Waals surface area (Å²) in [6.45, 7) is 7.77. The third-order valence-electron chi connectivity index (χ3n) is 20.9. The average molecular weight is 1800 g/mol. The van der Waals surface area contributed by atoms with Crippen molar-refractivity contribution in [3.8, 4) is 29.1 Å². The number of nitrogens with two attached hydrogens (primary N) is 3. The van der Waals surface area contributed by atoms with Crippen molar-refractivity contribution in [1.82, 2.24) is 83.9 Å². The van der Waals surface area contributed by atoms with Gasteiger partial charge >= 0.3 is 0 Å². The van der Waals surface area contributed by atoms with Crippen LogP contribution in [0.5, 0.6) is 23.0 Å². The maximum Gasteiger partial charge on any atom is 0.273 e. The normalized spacial score (nSPS) is 14.9. The van der Waals surface area contributed by atoms with Crippen molar-refractivity contribution in [2.24, 2.45) is 9.98 Å². The SMILES string of the molecule is CC1=NCc2c(Cc3ccco3)n[nH]c(=O)c21.CC1=NCc2c(Cc3ccco3)nnc(C)c21.COc1ccc2nc3cc(Cl)ccc3c(C#N)c2c1.Ic1ncnc2c1ncn2[C@H]1CCCS1.Nc1nc(=S)c2ncn(C3CCCCC3)c2[nH]1.Nc1nc(N)c2ncn(Cc3ccccc3)c2n1.O=C1C[C@@H](c2ccccc2)Oc2cc(O)cc(O)c21. The number of methoxy groups -OCH3 is 1. The van der Waals surface area contributed by atoms with E-state index in [2.05, 4.69) is 118 Å². The zero-order valence-electron chi connectivity index (χ0n) is 66.5. The summed E-state index contributed by atoms with van der Waals surface area (Å²) in [7, 11) is 1.60. The van der Waals surface area contributed by atoms with Crippen LogP contribution in [0, 0.1) is 26.6 Å². The molecule has 1 saturated carbocycles. The molecule has 35 heteroatoms. The Morgan fingerprint density at radius 2 is 1.40 bits per heavy atom. The van der Waals surface area contributed by atoms with E-state index in [1.807, 2.05) is 159 Å². The predicted octanol–water partition coefficient (Wildman–Crippen LogP) is 16.4. The molecule has 11 aromatic heterocycles. The number of nitrogens with one attached hydrogen (secondary N) is 2. The number of rotatable bonds is 10. The van der Waals surface area contributed by atoms with E-state index >= 15 is 0 Å². The molecule has 1 saturated heterocycles. The number of pyridine rings is 1. The molecule has 2 atom stereocenters. The first-order valence-electron chi connectivity index (χ1n) is 39.0. The van der Waals surface area contributed by atoms with Crippen molar-refractivity contribution in [1.29, 1.82) is 5.26 Å². The van der Waals surface area contributed by atoms with E-state index in [1.165, 1.54) is 67.9 Å². The number of anilines is 3. The molecule has 10 N–H and O–H groups in total. The number of hydrogen-bond donors (Lipinski definition) is 7. The number of ketones is 1. The minimum atomic E-state index is -0.387. The van der Waals surface area contributed by atoms with Crippen molar-refractivity contribution < 1.29 is 33.3 Å². The molecule has 21 rings (SSSR count). The van der Waals surface area contributed by atoms with Gasteiger partial charge in [0.2, 0.25) is 5.95 Å². The summed E-state index contributed by atoms with van der Waals surface area (Å²) >= 11 is 15.3. The number of carbonyl (C=O) groups is 1. The Morgan fingerprint density at radius 1 is 0.697 bits per heavy atom. The number of aromatic amines is 2. The van der Waals surface area contributed by atoms with Crippen LogP contribution in [0.2, 0.25) is 5.02 Å². The smallest absolute Gasteiger partial charge is 0.273 e. The predicted molar refractivity (Wildman–Crippen MR) is 478 cm³/mol. The largest absolute Gasteiger partial charge is 0.508 e. The molecule has 16 aromatic rings. The van der Waals surface area contributed by atoms with Crippen LogP contribution in [0.3, 0.4) is 0 Å². The lowest BCUT2D eigenvalue weighted by molar-refractivity contribution is 0.0844. The van der Waals surface area contributed by atoms with E-state index in [0.29, 0.717) is 93.4 Å². The van der Waals surface area contributed by atoms with E-state index in [-0.39, 0.29) is 52.6 Å². The summed E-state index contributed by atoms with van der Waals surface area (Å²) in [6, 6.07) is 43.1. The average Bonchev–Trinajstić information content (AvgIpc) is 1.50. The van der Waals surface area contributed by atoms with Crippen molar-refractivity contribution in [3.05, 3.63) is 268 Å². The van der Waals surface area contributed by atoms with Crippen LogP contribution in [0.1, 0.15) is 161 Å². The number of benzene rings is 5. The van der Waals surface area contributed by atoms with E-state index in [0.717, 1.165) is 111 Å². The van der Waals surface area contributed by atoms with Crippen LogP contribution < -0.4 is 32.2 Å². The number of ether oxygens (including phenoxy) is 2. The number of nitrogen functional groups attached to an aromatic ring is 3. The number of hydrogen-bond acceptors (Lipinski definition) is 28. The minimum absolute atomic E-state index is 0.127. The first-order chi connectivity index (χ1) is 59.2. The monoisotopic (exact) mass is 1800 g/mol. The first-order valence-corrected chi connectivity index (χ1v) is 41.9. The Balaban J connectivity index is 0.000000111. The van der Waals surface area contributed by atoms with Gasteiger partial charge in [0.1, 0.15) is 84.5 Å². The Bertz CT molecular complexity index is 6740. The minimum Gasteiger partial charge on any atom is -0.508 e. The number of imidazole rings is 3. The van der Waals surface area contributed by atoms with Crippen LogP contribution in [0.15, 0.2) is 195 Å². The Labute approximate surface area is 725 Å². The fraction of sp³-hybridized carbons (Fsp3) is 0.241. The number of furan rings is 2. The highest BCUT2D eigenvalue weighted by Gasteiger charge is 2.32. The molecule has 31 nitrogen and oxygen atoms in total. The van der Waals surface area contributed by atoms with Gasteiger partial charge in [-0.05, 0) is 147 Å². The summed E-state index contributed by atoms with van der Waals surface area (Å²) in [5.41, 5.74) is 34.5. The molecule has 1 aliphatic carbocycles. The van der Waals surface area contributed by atoms with Crippen molar-refractivity contribution in [2.75, 3.05) is 30.1 Å². The number of phenolic OH excluding ortho intramolecular Hbond substituents is 2. The van der Waals surface area contributed by atoms with Crippen LogP contribution in [0.25, 0.3) is 55.3 Å². The molecular formula is C87H81ClIN23O8S2. The molecule has 0 amide bonds. The number of halogens is 2. The molecular weight excluding hydrogens is 1720 g/mol. The van der Waals surface area contributed by atoms with Gasteiger partial charge in [0, 0.05) is 62.1 Å². The van der Waals surface area contributed by atoms with Crippen LogP contribution >= 0.6 is 58.2 Å². The van der Waals surface area contributed by atoms with Gasteiger partial charge in [-0.15, -0.1) is 11.8 Å². The lowest BCUT2D eigenvalue weighted by Crippen LogP contribution is -2.20. The van der Waals surface area contributed by atoms with E-state index in [4.69, 9.17) is 59.3 Å². The number of nitrogens with zero attached hydrogens (tertiary/aromatic N) is 18. The van der Waals surface area contributed by atoms with E-state index in [9.17, 15) is 25.1 Å². The van der Waals surface area contributed by atoms with E-state index < -0.39 is 0 Å². The highest BCUT2D eigenvalue weighted by atomic mass is 127. The lowest BCUT2D eigenvalue weighted by Gasteiger charge is -2.26. The van der Waals surface area contributed by atoms with Gasteiger partial charge < -0.3 is 64.4 Å². The van der Waals surface area contributed by atoms with Crippen molar-refractivity contribution in [2.45, 2.75) is 122 Å². The summed E-state index contributed by atoms with van der Waals surface area (Å²) in [5.74, 6) is 4.19. The van der Waals surface area contributed by atoms with Gasteiger partial charge in [0.05, 0.1) is 122 Å². The van der Waals surface area contributed by atoms with Gasteiger partial charge in [-0.3, -0.25) is 19.6 Å². The first kappa shape index (κ1) is 83.7.